The minimum Gasteiger partial charge on any atom is -0.399 e. The molecule has 2 fully saturated rings. The van der Waals surface area contributed by atoms with Crippen molar-refractivity contribution in [3.63, 3.8) is 0 Å². The first-order valence-corrected chi connectivity index (χ1v) is 16.2. The van der Waals surface area contributed by atoms with Crippen molar-refractivity contribution in [3.8, 4) is 11.3 Å². The van der Waals surface area contributed by atoms with Crippen LogP contribution in [-0.2, 0) is 10.0 Å². The van der Waals surface area contributed by atoms with Crippen molar-refractivity contribution in [2.75, 3.05) is 18.1 Å². The first-order chi connectivity index (χ1) is 21.2. The summed E-state index contributed by atoms with van der Waals surface area (Å²) in [6, 6.07) is 23.5. The van der Waals surface area contributed by atoms with Crippen LogP contribution in [0.2, 0.25) is 5.02 Å². The highest BCUT2D eigenvalue weighted by Crippen LogP contribution is 2.56. The molecule has 4 N–H and O–H groups in total. The van der Waals surface area contributed by atoms with Crippen LogP contribution >= 0.6 is 11.6 Å². The minimum atomic E-state index is -3.80. The number of aldehydes is 1. The molecule has 2 saturated carbocycles. The van der Waals surface area contributed by atoms with E-state index in [1.165, 1.54) is 16.8 Å². The number of carbonyl (C=O) groups excluding carboxylic acids is 1. The van der Waals surface area contributed by atoms with Gasteiger partial charge >= 0.3 is 0 Å². The van der Waals surface area contributed by atoms with Crippen LogP contribution < -0.4 is 16.4 Å². The summed E-state index contributed by atoms with van der Waals surface area (Å²) in [6.07, 6.45) is 8.66. The van der Waals surface area contributed by atoms with E-state index in [4.69, 9.17) is 22.3 Å². The summed E-state index contributed by atoms with van der Waals surface area (Å²) in [7, 11) is -1.77. The second-order valence-electron chi connectivity index (χ2n) is 11.5. The number of anilines is 2. The summed E-state index contributed by atoms with van der Waals surface area (Å²) in [5.74, 6) is 0.511. The van der Waals surface area contributed by atoms with E-state index >= 15 is 0 Å². The average Bonchev–Trinajstić information content (AvgIpc) is 3.40. The highest BCUT2D eigenvalue weighted by molar-refractivity contribution is 7.90. The summed E-state index contributed by atoms with van der Waals surface area (Å²) in [4.78, 5) is 19.4. The molecule has 0 amide bonds. The zero-order chi connectivity index (χ0) is 30.9. The number of hydrogen-bond donors (Lipinski definition) is 3. The van der Waals surface area contributed by atoms with Gasteiger partial charge in [-0.2, -0.15) is 0 Å². The molecule has 7 rings (SSSR count). The Labute approximate surface area is 261 Å². The van der Waals surface area contributed by atoms with Gasteiger partial charge in [0, 0.05) is 40.5 Å². The number of para-hydroxylation sites is 1. The highest BCUT2D eigenvalue weighted by atomic mass is 35.5. The predicted octanol–water partition coefficient (Wildman–Crippen LogP) is 6.01. The fourth-order valence-electron chi connectivity index (χ4n) is 6.24. The molecule has 9 nitrogen and oxygen atoms in total. The summed E-state index contributed by atoms with van der Waals surface area (Å²) in [5, 5.41) is 7.94. The summed E-state index contributed by atoms with van der Waals surface area (Å²) in [5.41, 5.74) is 8.89. The van der Waals surface area contributed by atoms with E-state index in [0.29, 0.717) is 56.5 Å². The molecule has 0 unspecified atom stereocenters. The van der Waals surface area contributed by atoms with Gasteiger partial charge in [0.25, 0.3) is 10.0 Å². The van der Waals surface area contributed by atoms with E-state index in [2.05, 4.69) is 15.6 Å². The topological polar surface area (TPSA) is 132 Å². The summed E-state index contributed by atoms with van der Waals surface area (Å²) < 4.78 is 28.2. The Morgan fingerprint density at radius 2 is 1.61 bits per heavy atom. The Bertz CT molecular complexity index is 1900. The van der Waals surface area contributed by atoms with Gasteiger partial charge in [0.1, 0.15) is 6.29 Å². The third-order valence-corrected chi connectivity index (χ3v) is 10.5. The number of nitrogens with two attached hydrogens (primary N) is 1. The van der Waals surface area contributed by atoms with Crippen LogP contribution in [0.1, 0.15) is 36.0 Å². The Morgan fingerprint density at radius 1 is 0.955 bits per heavy atom. The van der Waals surface area contributed by atoms with Gasteiger partial charge in [-0.1, -0.05) is 48.0 Å². The number of halogens is 1. The van der Waals surface area contributed by atoms with Crippen molar-refractivity contribution in [1.29, 1.82) is 0 Å². The lowest BCUT2D eigenvalue weighted by Gasteiger charge is -2.57. The van der Waals surface area contributed by atoms with E-state index in [1.807, 2.05) is 25.2 Å². The number of fused-ring (bicyclic) bond motifs is 1. The largest absolute Gasteiger partial charge is 0.399 e. The van der Waals surface area contributed by atoms with Crippen molar-refractivity contribution in [2.24, 2.45) is 5.41 Å². The second-order valence-corrected chi connectivity index (χ2v) is 13.7. The number of aromatic nitrogens is 3. The van der Waals surface area contributed by atoms with Gasteiger partial charge in [-0.15, -0.1) is 0 Å². The maximum Gasteiger partial charge on any atom is 0.268 e. The van der Waals surface area contributed by atoms with E-state index in [-0.39, 0.29) is 4.90 Å². The highest BCUT2D eigenvalue weighted by Gasteiger charge is 2.52. The average molecular weight is 629 g/mol. The Hall–Kier alpha value is -4.25. The maximum absolute atomic E-state index is 13.5. The zero-order valence-electron chi connectivity index (χ0n) is 24.2. The third kappa shape index (κ3) is 5.80. The van der Waals surface area contributed by atoms with E-state index < -0.39 is 10.0 Å². The van der Waals surface area contributed by atoms with Gasteiger partial charge in [-0.25, -0.2) is 22.4 Å². The smallest absolute Gasteiger partial charge is 0.268 e. The molecule has 2 aliphatic carbocycles. The van der Waals surface area contributed by atoms with Crippen molar-refractivity contribution in [2.45, 2.75) is 42.7 Å². The van der Waals surface area contributed by atoms with Crippen LogP contribution in [0.3, 0.4) is 0 Å². The molecular formula is C33H33ClN6O3S. The molecule has 0 radical (unpaired) electrons. The molecule has 44 heavy (non-hydrogen) atoms. The first-order valence-electron chi connectivity index (χ1n) is 14.4. The third-order valence-electron chi connectivity index (χ3n) is 8.51. The lowest BCUT2D eigenvalue weighted by Crippen LogP contribution is -2.57. The number of nitrogen functional groups attached to an aromatic ring is 1. The number of hydrogen-bond acceptors (Lipinski definition) is 8. The maximum atomic E-state index is 13.5. The molecule has 226 valence electrons. The van der Waals surface area contributed by atoms with E-state index in [9.17, 15) is 13.2 Å². The normalized spacial score (nSPS) is 20.7. The number of carbonyl (C=O) groups is 1. The van der Waals surface area contributed by atoms with E-state index in [1.54, 1.807) is 73.1 Å². The van der Waals surface area contributed by atoms with Gasteiger partial charge < -0.3 is 16.4 Å². The molecule has 3 aromatic carbocycles. The molecule has 5 aromatic rings. The predicted molar refractivity (Wildman–Crippen MR) is 174 cm³/mol. The van der Waals surface area contributed by atoms with Crippen LogP contribution in [0.4, 0.5) is 11.6 Å². The molecule has 1 spiro atoms. The van der Waals surface area contributed by atoms with Gasteiger partial charge in [0.05, 0.1) is 27.3 Å². The molecule has 2 aliphatic rings. The molecule has 0 atom stereocenters. The van der Waals surface area contributed by atoms with Crippen LogP contribution in [0.5, 0.6) is 0 Å². The Balaban J connectivity index is 0.000000329. The molecule has 2 heterocycles. The molecule has 0 bridgehead atoms. The molecule has 0 saturated heterocycles. The number of benzene rings is 3. The zero-order valence-corrected chi connectivity index (χ0v) is 25.7. The van der Waals surface area contributed by atoms with Crippen molar-refractivity contribution in [1.82, 2.24) is 19.3 Å². The summed E-state index contributed by atoms with van der Waals surface area (Å²) >= 11 is 6.55. The van der Waals surface area contributed by atoms with Crippen molar-refractivity contribution < 1.29 is 13.2 Å². The van der Waals surface area contributed by atoms with Crippen LogP contribution in [0.15, 0.2) is 96.2 Å². The van der Waals surface area contributed by atoms with E-state index in [0.717, 1.165) is 24.5 Å². The van der Waals surface area contributed by atoms with Crippen molar-refractivity contribution in [3.05, 3.63) is 102 Å². The van der Waals surface area contributed by atoms with Crippen LogP contribution in [0, 0.1) is 5.41 Å². The van der Waals surface area contributed by atoms with Crippen LogP contribution in [-0.4, -0.2) is 47.8 Å². The van der Waals surface area contributed by atoms with Gasteiger partial charge in [-0.3, -0.25) is 4.79 Å². The quantitative estimate of drug-likeness (QED) is 0.147. The van der Waals surface area contributed by atoms with Gasteiger partial charge in [0.15, 0.2) is 0 Å². The van der Waals surface area contributed by atoms with Gasteiger partial charge in [-0.05, 0) is 80.6 Å². The summed E-state index contributed by atoms with van der Waals surface area (Å²) in [6.45, 7) is 0. The molecular weight excluding hydrogens is 596 g/mol. The second kappa shape index (κ2) is 12.0. The number of nitrogens with zero attached hydrogens (tertiary/aromatic N) is 3. The first kappa shape index (κ1) is 29.8. The SMILES string of the molecule is CNC1CC2(C1)CC(Nc1ncc(Cl)c(-c3cn(S(=O)(=O)c4ccccc4)c4ccccc34)n1)C2.Nc1ccc(C=O)cc1. The molecule has 11 heteroatoms. The Morgan fingerprint density at radius 3 is 2.30 bits per heavy atom. The Kier molecular flexibility index (Phi) is 8.15. The number of nitrogens with one attached hydrogen (secondary N) is 2. The molecule has 2 aromatic heterocycles. The monoisotopic (exact) mass is 628 g/mol. The van der Waals surface area contributed by atoms with Gasteiger partial charge in [0.2, 0.25) is 5.95 Å². The lowest BCUT2D eigenvalue weighted by atomic mass is 9.52. The standard InChI is InChI=1S/C26H26ClN5O2S.C7H7NO/c1-28-17-11-26(12-17)13-18(14-26)30-25-29-15-22(27)24(31-25)21-16-32(23-10-6-5-9-20(21)23)35(33,34)19-7-3-2-4-8-19;8-7-3-1-6(5-9)2-4-7/h2-10,15-18,28H,11-14H2,1H3,(H,29,30,31);1-5H,8H2. The minimum absolute atomic E-state index is 0.221. The molecule has 0 aliphatic heterocycles. The fraction of sp³-hybridized carbons (Fsp3) is 0.242. The lowest BCUT2D eigenvalue weighted by molar-refractivity contribution is -0.00957. The van der Waals surface area contributed by atoms with Crippen LogP contribution in [0.25, 0.3) is 22.2 Å². The van der Waals surface area contributed by atoms with Crippen molar-refractivity contribution >= 4 is 50.4 Å². The number of rotatable bonds is 7. The fourth-order valence-corrected chi connectivity index (χ4v) is 7.82.